The second-order valence-electron chi connectivity index (χ2n) is 20.6. The van der Waals surface area contributed by atoms with Gasteiger partial charge in [-0.3, -0.25) is 14.4 Å². The van der Waals surface area contributed by atoms with E-state index in [4.69, 9.17) is 14.2 Å². The molecule has 0 fully saturated rings. The Morgan fingerprint density at radius 2 is 0.506 bits per heavy atom. The molecule has 0 radical (unpaired) electrons. The van der Waals surface area contributed by atoms with Crippen molar-refractivity contribution in [3.05, 3.63) is 134 Å². The number of allylic oxidation sites excluding steroid dienone is 22. The first-order valence-electron chi connectivity index (χ1n) is 31.7. The Hall–Kier alpha value is -4.45. The minimum Gasteiger partial charge on any atom is -0.462 e. The third-order valence-electron chi connectivity index (χ3n) is 13.2. The van der Waals surface area contributed by atoms with Crippen LogP contribution < -0.4 is 0 Å². The van der Waals surface area contributed by atoms with E-state index in [1.807, 2.05) is 0 Å². The first-order valence-corrected chi connectivity index (χ1v) is 31.7. The van der Waals surface area contributed by atoms with Gasteiger partial charge in [0.05, 0.1) is 0 Å². The monoisotopic (exact) mass is 1060 g/mol. The van der Waals surface area contributed by atoms with E-state index in [1.165, 1.54) is 103 Å². The molecular formula is C71H116O6. The molecule has 0 N–H and O–H groups in total. The highest BCUT2D eigenvalue weighted by molar-refractivity contribution is 5.71. The third-order valence-corrected chi connectivity index (χ3v) is 13.2. The van der Waals surface area contributed by atoms with E-state index in [-0.39, 0.29) is 31.1 Å². The largest absolute Gasteiger partial charge is 0.462 e. The first-order chi connectivity index (χ1) is 38.0. The molecule has 0 aliphatic heterocycles. The molecule has 0 aliphatic rings. The molecule has 0 aromatic rings. The number of unbranched alkanes of at least 4 members (excludes halogenated alkanes) is 23. The van der Waals surface area contributed by atoms with Crippen molar-refractivity contribution < 1.29 is 28.6 Å². The Bertz CT molecular complexity index is 1650. The molecule has 0 saturated carbocycles. The Labute approximate surface area is 475 Å². The van der Waals surface area contributed by atoms with Gasteiger partial charge in [-0.25, -0.2) is 0 Å². The van der Waals surface area contributed by atoms with Crippen molar-refractivity contribution in [3.8, 4) is 0 Å². The minimum atomic E-state index is -0.788. The van der Waals surface area contributed by atoms with Gasteiger partial charge in [-0.1, -0.05) is 276 Å². The SMILES string of the molecule is CC/C=C\C/C=C\C/C=C\C/C=C\C/C=C\C/C=C\CCCCCCCCCCCCC(=O)OCC(COC(=O)CCCCCCCCC)OC(=O)CCCCCCCCC/C=C\C/C=C\C/C=C\C/C=C\C/C=C\CC. The second kappa shape index (κ2) is 64.1. The van der Waals surface area contributed by atoms with Crippen molar-refractivity contribution in [2.24, 2.45) is 0 Å². The van der Waals surface area contributed by atoms with Crippen LogP contribution in [-0.4, -0.2) is 37.2 Å². The summed E-state index contributed by atoms with van der Waals surface area (Å²) in [5.41, 5.74) is 0. The minimum absolute atomic E-state index is 0.0859. The fourth-order valence-corrected chi connectivity index (χ4v) is 8.47. The highest BCUT2D eigenvalue weighted by Gasteiger charge is 2.19. The zero-order valence-corrected chi connectivity index (χ0v) is 49.9. The fraction of sp³-hybridized carbons (Fsp3) is 0.648. The van der Waals surface area contributed by atoms with Crippen LogP contribution in [0.5, 0.6) is 0 Å². The molecule has 6 heteroatoms. The molecule has 77 heavy (non-hydrogen) atoms. The Morgan fingerprint density at radius 3 is 0.792 bits per heavy atom. The molecular weight excluding hydrogens is 949 g/mol. The van der Waals surface area contributed by atoms with Crippen LogP contribution in [0.2, 0.25) is 0 Å². The Morgan fingerprint density at radius 1 is 0.273 bits per heavy atom. The summed E-state index contributed by atoms with van der Waals surface area (Å²) in [6.45, 7) is 6.36. The molecule has 1 unspecified atom stereocenters. The molecule has 0 bridgehead atoms. The van der Waals surface area contributed by atoms with Gasteiger partial charge < -0.3 is 14.2 Å². The summed E-state index contributed by atoms with van der Waals surface area (Å²) < 4.78 is 16.8. The van der Waals surface area contributed by atoms with Crippen molar-refractivity contribution in [1.29, 1.82) is 0 Å². The van der Waals surface area contributed by atoms with Crippen LogP contribution in [0.3, 0.4) is 0 Å². The standard InChI is InChI=1S/C71H116O6/c1-4-7-10-13-16-18-20-22-24-26-28-30-32-33-34-35-36-37-39-40-42-44-46-48-50-52-55-58-61-64-70(73)76-67-68(66-75-69(72)63-60-57-54-15-12-9-6-3)77-71(74)65-62-59-56-53-51-49-47-45-43-41-38-31-29-27-25-23-21-19-17-14-11-8-5-2/h7-8,10-11,16-19,22-25,28-31,33-34,36-37,41,43,68H,4-6,9,12-15,20-21,26-27,32,35,38-40,42,44-67H2,1-3H3/b10-7-,11-8-,18-16-,19-17-,24-22-,25-23-,30-28-,31-29-,34-33-,37-36-,43-41-. The third kappa shape index (κ3) is 62.3. The Kier molecular flexibility index (Phi) is 60.4. The van der Waals surface area contributed by atoms with E-state index >= 15 is 0 Å². The summed E-state index contributed by atoms with van der Waals surface area (Å²) in [6, 6.07) is 0. The van der Waals surface area contributed by atoms with Crippen LogP contribution in [0.15, 0.2) is 134 Å². The number of esters is 3. The smallest absolute Gasteiger partial charge is 0.306 e. The van der Waals surface area contributed by atoms with E-state index in [9.17, 15) is 14.4 Å². The van der Waals surface area contributed by atoms with Crippen molar-refractivity contribution in [2.45, 2.75) is 284 Å². The summed E-state index contributed by atoms with van der Waals surface area (Å²) in [4.78, 5) is 38.1. The zero-order valence-electron chi connectivity index (χ0n) is 49.9. The van der Waals surface area contributed by atoms with Crippen LogP contribution in [0.25, 0.3) is 0 Å². The normalized spacial score (nSPS) is 13.0. The second-order valence-corrected chi connectivity index (χ2v) is 20.6. The van der Waals surface area contributed by atoms with E-state index in [2.05, 4.69) is 154 Å². The molecule has 0 spiro atoms. The van der Waals surface area contributed by atoms with E-state index < -0.39 is 6.10 Å². The lowest BCUT2D eigenvalue weighted by Crippen LogP contribution is -2.30. The summed E-state index contributed by atoms with van der Waals surface area (Å²) >= 11 is 0. The molecule has 0 aliphatic carbocycles. The molecule has 1 atom stereocenters. The number of hydrogen-bond acceptors (Lipinski definition) is 6. The van der Waals surface area contributed by atoms with Gasteiger partial charge in [0.2, 0.25) is 0 Å². The number of hydrogen-bond donors (Lipinski definition) is 0. The van der Waals surface area contributed by atoms with E-state index in [0.29, 0.717) is 19.3 Å². The van der Waals surface area contributed by atoms with Gasteiger partial charge in [0.15, 0.2) is 6.10 Å². The van der Waals surface area contributed by atoms with E-state index in [0.717, 1.165) is 135 Å². The summed E-state index contributed by atoms with van der Waals surface area (Å²) in [7, 11) is 0. The van der Waals surface area contributed by atoms with Gasteiger partial charge in [-0.2, -0.15) is 0 Å². The lowest BCUT2D eigenvalue weighted by Gasteiger charge is -2.18. The topological polar surface area (TPSA) is 78.9 Å². The van der Waals surface area contributed by atoms with Crippen molar-refractivity contribution in [2.75, 3.05) is 13.2 Å². The Balaban J connectivity index is 4.19. The maximum absolute atomic E-state index is 12.9. The lowest BCUT2D eigenvalue weighted by molar-refractivity contribution is -0.167. The molecule has 0 amide bonds. The average molecular weight is 1070 g/mol. The van der Waals surface area contributed by atoms with Crippen LogP contribution >= 0.6 is 0 Å². The molecule has 0 rings (SSSR count). The van der Waals surface area contributed by atoms with Crippen molar-refractivity contribution in [1.82, 2.24) is 0 Å². The number of carbonyl (C=O) groups excluding carboxylic acids is 3. The van der Waals surface area contributed by atoms with Gasteiger partial charge in [0.25, 0.3) is 0 Å². The summed E-state index contributed by atoms with van der Waals surface area (Å²) in [6.07, 6.45) is 90.5. The molecule has 0 aromatic carbocycles. The van der Waals surface area contributed by atoms with E-state index in [1.54, 1.807) is 0 Å². The maximum atomic E-state index is 12.9. The summed E-state index contributed by atoms with van der Waals surface area (Å²) in [5, 5.41) is 0. The highest BCUT2D eigenvalue weighted by atomic mass is 16.6. The van der Waals surface area contributed by atoms with Gasteiger partial charge in [0, 0.05) is 19.3 Å². The molecule has 0 saturated heterocycles. The number of ether oxygens (including phenoxy) is 3. The zero-order chi connectivity index (χ0) is 55.7. The van der Waals surface area contributed by atoms with Crippen LogP contribution in [0.4, 0.5) is 0 Å². The highest BCUT2D eigenvalue weighted by Crippen LogP contribution is 2.15. The quantitative estimate of drug-likeness (QED) is 0.0261. The lowest BCUT2D eigenvalue weighted by atomic mass is 10.1. The predicted octanol–water partition coefficient (Wildman–Crippen LogP) is 21.8. The number of carbonyl (C=O) groups is 3. The van der Waals surface area contributed by atoms with Gasteiger partial charge >= 0.3 is 17.9 Å². The van der Waals surface area contributed by atoms with Crippen LogP contribution in [-0.2, 0) is 28.6 Å². The fourth-order valence-electron chi connectivity index (χ4n) is 8.47. The number of rotatable bonds is 56. The van der Waals surface area contributed by atoms with Crippen molar-refractivity contribution in [3.63, 3.8) is 0 Å². The van der Waals surface area contributed by atoms with Gasteiger partial charge in [0.1, 0.15) is 13.2 Å². The summed E-state index contributed by atoms with van der Waals surface area (Å²) in [5.74, 6) is -0.907. The van der Waals surface area contributed by atoms with Gasteiger partial charge in [-0.05, 0) is 116 Å². The van der Waals surface area contributed by atoms with Crippen LogP contribution in [0.1, 0.15) is 278 Å². The van der Waals surface area contributed by atoms with Crippen molar-refractivity contribution >= 4 is 17.9 Å². The van der Waals surface area contributed by atoms with Crippen LogP contribution in [0, 0.1) is 0 Å². The average Bonchev–Trinajstić information content (AvgIpc) is 3.43. The first kappa shape index (κ1) is 72.5. The maximum Gasteiger partial charge on any atom is 0.306 e. The molecule has 0 aromatic heterocycles. The van der Waals surface area contributed by atoms with Gasteiger partial charge in [-0.15, -0.1) is 0 Å². The molecule has 436 valence electrons. The molecule has 0 heterocycles. The predicted molar refractivity (Wildman–Crippen MR) is 334 cm³/mol. The molecule has 6 nitrogen and oxygen atoms in total.